The average Bonchev–Trinajstić information content (AvgIpc) is 3.39. The van der Waals surface area contributed by atoms with Gasteiger partial charge in [0.1, 0.15) is 24.4 Å². The number of allylic oxidation sites excluding steroid dienone is 11. The third-order valence-corrected chi connectivity index (χ3v) is 13.6. The number of hydrogen-bond donors (Lipinski definition) is 6. The van der Waals surface area contributed by atoms with Gasteiger partial charge in [-0.3, -0.25) is 9.59 Å². The van der Waals surface area contributed by atoms with Gasteiger partial charge in [0, 0.05) is 12.8 Å². The van der Waals surface area contributed by atoms with Gasteiger partial charge >= 0.3 is 5.97 Å². The molecule has 0 bridgehead atoms. The van der Waals surface area contributed by atoms with E-state index in [0.717, 1.165) is 83.5 Å². The van der Waals surface area contributed by atoms with E-state index in [0.29, 0.717) is 25.9 Å². The largest absolute Gasteiger partial charge is 0.466 e. The number of rotatable bonds is 50. The number of nitrogens with one attached hydrogen (secondary N) is 1. The van der Waals surface area contributed by atoms with E-state index in [9.17, 15) is 35.1 Å². The van der Waals surface area contributed by atoms with Crippen LogP contribution in [0.4, 0.5) is 0 Å². The van der Waals surface area contributed by atoms with E-state index in [2.05, 4.69) is 66.9 Å². The molecule has 0 aliphatic carbocycles. The van der Waals surface area contributed by atoms with E-state index in [1.807, 2.05) is 19.1 Å². The van der Waals surface area contributed by atoms with E-state index in [1.165, 1.54) is 128 Å². The van der Waals surface area contributed by atoms with Crippen LogP contribution in [0.15, 0.2) is 72.9 Å². The van der Waals surface area contributed by atoms with Crippen LogP contribution in [0.5, 0.6) is 0 Å². The zero-order chi connectivity index (χ0) is 53.1. The van der Waals surface area contributed by atoms with Crippen LogP contribution >= 0.6 is 0 Å². The molecule has 0 aromatic carbocycles. The molecule has 1 heterocycles. The Kier molecular flexibility index (Phi) is 47.8. The number of ether oxygens (including phenoxy) is 3. The van der Waals surface area contributed by atoms with Gasteiger partial charge in [0.25, 0.3) is 0 Å². The maximum Gasteiger partial charge on any atom is 0.305 e. The molecule has 7 unspecified atom stereocenters. The van der Waals surface area contributed by atoms with E-state index >= 15 is 0 Å². The van der Waals surface area contributed by atoms with E-state index in [1.54, 1.807) is 6.08 Å². The molecule has 1 rings (SSSR count). The summed E-state index contributed by atoms with van der Waals surface area (Å²) in [6.45, 7) is 4.03. The lowest BCUT2D eigenvalue weighted by Crippen LogP contribution is -2.60. The number of hydrogen-bond acceptors (Lipinski definition) is 10. The molecule has 1 saturated heterocycles. The Bertz CT molecular complexity index is 1440. The summed E-state index contributed by atoms with van der Waals surface area (Å²) in [7, 11) is 0. The molecule has 7 atom stereocenters. The van der Waals surface area contributed by atoms with Gasteiger partial charge in [-0.1, -0.05) is 202 Å². The average molecular weight is 1030 g/mol. The lowest BCUT2D eigenvalue weighted by atomic mass is 9.99. The summed E-state index contributed by atoms with van der Waals surface area (Å²) in [5.41, 5.74) is 0. The lowest BCUT2D eigenvalue weighted by Gasteiger charge is -2.40. The maximum atomic E-state index is 13.0. The molecule has 11 heteroatoms. The lowest BCUT2D eigenvalue weighted by molar-refractivity contribution is -0.302. The van der Waals surface area contributed by atoms with E-state index in [-0.39, 0.29) is 18.5 Å². The molecule has 0 aromatic rings. The summed E-state index contributed by atoms with van der Waals surface area (Å²) < 4.78 is 16.6. The topological polar surface area (TPSA) is 175 Å². The van der Waals surface area contributed by atoms with Crippen LogP contribution in [0.2, 0.25) is 0 Å². The molecular formula is C62H109NO10. The second-order valence-corrected chi connectivity index (χ2v) is 20.3. The fraction of sp³-hybridized carbons (Fsp3) is 0.774. The van der Waals surface area contributed by atoms with Gasteiger partial charge in [0.2, 0.25) is 5.91 Å². The third kappa shape index (κ3) is 41.0. The molecule has 73 heavy (non-hydrogen) atoms. The predicted molar refractivity (Wildman–Crippen MR) is 301 cm³/mol. The van der Waals surface area contributed by atoms with Crippen molar-refractivity contribution in [1.29, 1.82) is 0 Å². The van der Waals surface area contributed by atoms with Gasteiger partial charge in [-0.05, 0) is 103 Å². The molecule has 0 spiro atoms. The Balaban J connectivity index is 2.03. The van der Waals surface area contributed by atoms with Gasteiger partial charge in [0.15, 0.2) is 6.29 Å². The Hall–Kier alpha value is -2.90. The normalized spacial score (nSPS) is 19.5. The summed E-state index contributed by atoms with van der Waals surface area (Å²) in [5, 5.41) is 54.1. The first-order chi connectivity index (χ1) is 35.7. The van der Waals surface area contributed by atoms with Crippen LogP contribution in [0.1, 0.15) is 245 Å². The summed E-state index contributed by atoms with van der Waals surface area (Å²) in [5.74, 6) is -0.222. The summed E-state index contributed by atoms with van der Waals surface area (Å²) in [4.78, 5) is 25.0. The van der Waals surface area contributed by atoms with Crippen LogP contribution in [0.3, 0.4) is 0 Å². The minimum Gasteiger partial charge on any atom is -0.466 e. The zero-order valence-corrected chi connectivity index (χ0v) is 46.3. The summed E-state index contributed by atoms with van der Waals surface area (Å²) in [6.07, 6.45) is 57.5. The first-order valence-corrected chi connectivity index (χ1v) is 29.7. The van der Waals surface area contributed by atoms with Crippen molar-refractivity contribution in [3.8, 4) is 0 Å². The first kappa shape index (κ1) is 68.1. The zero-order valence-electron chi connectivity index (χ0n) is 46.3. The van der Waals surface area contributed by atoms with Crippen LogP contribution in [0.25, 0.3) is 0 Å². The Morgan fingerprint density at radius 2 is 0.986 bits per heavy atom. The quantitative estimate of drug-likeness (QED) is 0.0195. The fourth-order valence-electron chi connectivity index (χ4n) is 8.84. The Labute approximate surface area is 445 Å². The van der Waals surface area contributed by atoms with Gasteiger partial charge in [-0.2, -0.15) is 0 Å². The number of esters is 1. The van der Waals surface area contributed by atoms with Crippen LogP contribution in [-0.2, 0) is 23.8 Å². The predicted octanol–water partition coefficient (Wildman–Crippen LogP) is 13.6. The molecule has 1 fully saturated rings. The van der Waals surface area contributed by atoms with Crippen molar-refractivity contribution >= 4 is 11.9 Å². The van der Waals surface area contributed by atoms with Crippen molar-refractivity contribution in [1.82, 2.24) is 5.32 Å². The molecule has 6 N–H and O–H groups in total. The Morgan fingerprint density at radius 3 is 1.52 bits per heavy atom. The number of carbonyl (C=O) groups is 2. The minimum absolute atomic E-state index is 0.0146. The van der Waals surface area contributed by atoms with Crippen LogP contribution in [-0.4, -0.2) is 100 Å². The van der Waals surface area contributed by atoms with E-state index in [4.69, 9.17) is 14.2 Å². The van der Waals surface area contributed by atoms with Crippen molar-refractivity contribution in [3.63, 3.8) is 0 Å². The molecule has 0 aromatic heterocycles. The summed E-state index contributed by atoms with van der Waals surface area (Å²) >= 11 is 0. The highest BCUT2D eigenvalue weighted by molar-refractivity contribution is 5.76. The van der Waals surface area contributed by atoms with Gasteiger partial charge in [-0.25, -0.2) is 0 Å². The number of carbonyl (C=O) groups excluding carboxylic acids is 2. The molecular weight excluding hydrogens is 919 g/mol. The van der Waals surface area contributed by atoms with Gasteiger partial charge in [-0.15, -0.1) is 0 Å². The number of aliphatic hydroxyl groups is 5. The number of aliphatic hydroxyl groups excluding tert-OH is 5. The number of amides is 1. The van der Waals surface area contributed by atoms with Crippen molar-refractivity contribution in [2.75, 3.05) is 19.8 Å². The minimum atomic E-state index is -1.58. The van der Waals surface area contributed by atoms with Crippen molar-refractivity contribution < 1.29 is 49.3 Å². The molecule has 1 aliphatic heterocycles. The van der Waals surface area contributed by atoms with Crippen molar-refractivity contribution in [3.05, 3.63) is 72.9 Å². The molecule has 422 valence electrons. The SMILES string of the molecule is C/C=C/CC/C=C/CC/C=C/C(O)C(COC1OC(CO)C(O)C(O)C1O)NC(=O)CCCCCCCCCCC/C=C\C/C=C\CCCCCCCCCCCOC(=O)CCCCCCC/C=C\CCCC. The van der Waals surface area contributed by atoms with Crippen LogP contribution in [0, 0.1) is 0 Å². The highest BCUT2D eigenvalue weighted by Gasteiger charge is 2.44. The summed E-state index contributed by atoms with van der Waals surface area (Å²) in [6, 6.07) is -0.839. The maximum absolute atomic E-state index is 13.0. The highest BCUT2D eigenvalue weighted by Crippen LogP contribution is 2.23. The second-order valence-electron chi connectivity index (χ2n) is 20.3. The van der Waals surface area contributed by atoms with Gasteiger partial charge in [0.05, 0.1) is 32.0 Å². The van der Waals surface area contributed by atoms with Crippen molar-refractivity contribution in [2.24, 2.45) is 0 Å². The molecule has 0 radical (unpaired) electrons. The molecule has 1 amide bonds. The third-order valence-electron chi connectivity index (χ3n) is 13.6. The smallest absolute Gasteiger partial charge is 0.305 e. The molecule has 11 nitrogen and oxygen atoms in total. The Morgan fingerprint density at radius 1 is 0.534 bits per heavy atom. The fourth-order valence-corrected chi connectivity index (χ4v) is 8.84. The molecule has 1 aliphatic rings. The van der Waals surface area contributed by atoms with Gasteiger partial charge < -0.3 is 45.1 Å². The standard InChI is InChI=1S/C62H109NO10/c1-3-5-7-9-11-13-29-34-38-42-46-50-58(67)71-51-47-43-39-35-31-28-26-24-22-20-18-16-14-15-17-19-21-23-25-27-30-33-37-41-45-49-57(66)63-54(55(65)48-44-40-36-32-12-10-8-6-4-2)53-72-62-61(70)60(69)59(68)56(52-64)73-62/h4,6,9,11-12,15-18,32,44,48,54-56,59-62,64-65,68-70H,3,5,7-8,10,13-14,19-31,33-43,45-47,49-53H2,1-2H3,(H,63,66)/b6-4+,11-9-,17-15-,18-16-,32-12+,48-44+. The van der Waals surface area contributed by atoms with Crippen molar-refractivity contribution in [2.45, 2.75) is 288 Å². The highest BCUT2D eigenvalue weighted by atomic mass is 16.7. The number of unbranched alkanes of at least 4 members (excludes halogenated alkanes) is 27. The first-order valence-electron chi connectivity index (χ1n) is 29.7. The molecule has 0 saturated carbocycles. The monoisotopic (exact) mass is 1030 g/mol. The second kappa shape index (κ2) is 51.2. The van der Waals surface area contributed by atoms with E-state index < -0.39 is 49.5 Å². The van der Waals surface area contributed by atoms with Crippen LogP contribution < -0.4 is 5.32 Å².